The van der Waals surface area contributed by atoms with E-state index in [2.05, 4.69) is 0 Å². The van der Waals surface area contributed by atoms with E-state index in [1.165, 1.54) is 0 Å². The van der Waals surface area contributed by atoms with Gasteiger partial charge in [0.25, 0.3) is 0 Å². The molecule has 17 heavy (non-hydrogen) atoms. The molecule has 1 aromatic rings. The van der Waals surface area contributed by atoms with Crippen molar-refractivity contribution >= 4 is 5.97 Å². The summed E-state index contributed by atoms with van der Waals surface area (Å²) < 4.78 is 4.95. The van der Waals surface area contributed by atoms with E-state index in [0.717, 1.165) is 11.1 Å². The zero-order valence-electron chi connectivity index (χ0n) is 9.85. The molecule has 4 nitrogen and oxygen atoms in total. The number of phenols is 1. The Morgan fingerprint density at radius 3 is 3.06 bits per heavy atom. The number of carbonyl (C=O) groups excluding carboxylic acids is 1. The average Bonchev–Trinajstić information content (AvgIpc) is 2.55. The van der Waals surface area contributed by atoms with E-state index in [-0.39, 0.29) is 23.7 Å². The highest BCUT2D eigenvalue weighted by Crippen LogP contribution is 2.36. The Labute approximate surface area is 100 Å². The average molecular weight is 235 g/mol. The Hall–Kier alpha value is -1.55. The van der Waals surface area contributed by atoms with Crippen LogP contribution in [0.25, 0.3) is 0 Å². The van der Waals surface area contributed by atoms with Crippen LogP contribution in [0.4, 0.5) is 0 Å². The molecule has 3 N–H and O–H groups in total. The fourth-order valence-electron chi connectivity index (χ4n) is 2.42. The highest BCUT2D eigenvalue weighted by Gasteiger charge is 2.32. The molecule has 0 saturated carbocycles. The summed E-state index contributed by atoms with van der Waals surface area (Å²) in [5.41, 5.74) is 8.13. The van der Waals surface area contributed by atoms with Gasteiger partial charge in [0.1, 0.15) is 5.75 Å². The van der Waals surface area contributed by atoms with Gasteiger partial charge in [-0.3, -0.25) is 4.79 Å². The Morgan fingerprint density at radius 1 is 1.59 bits per heavy atom. The molecule has 2 unspecified atom stereocenters. The van der Waals surface area contributed by atoms with Gasteiger partial charge in [-0.2, -0.15) is 0 Å². The lowest BCUT2D eigenvalue weighted by atomic mass is 9.95. The molecule has 0 radical (unpaired) electrons. The summed E-state index contributed by atoms with van der Waals surface area (Å²) >= 11 is 0. The lowest BCUT2D eigenvalue weighted by Crippen LogP contribution is -2.27. The van der Waals surface area contributed by atoms with Crippen molar-refractivity contribution in [3.63, 3.8) is 0 Å². The fourth-order valence-corrected chi connectivity index (χ4v) is 2.42. The minimum absolute atomic E-state index is 0.00431. The first kappa shape index (κ1) is 11.9. The molecule has 0 aliphatic heterocycles. The Balaban J connectivity index is 2.17. The first-order valence-electron chi connectivity index (χ1n) is 5.84. The number of ether oxygens (including phenoxy) is 1. The third kappa shape index (κ3) is 2.42. The van der Waals surface area contributed by atoms with Gasteiger partial charge in [-0.1, -0.05) is 6.07 Å². The minimum atomic E-state index is -0.214. The topological polar surface area (TPSA) is 72.5 Å². The van der Waals surface area contributed by atoms with E-state index in [9.17, 15) is 9.90 Å². The van der Waals surface area contributed by atoms with Crippen LogP contribution >= 0.6 is 0 Å². The van der Waals surface area contributed by atoms with Crippen LogP contribution in [-0.4, -0.2) is 23.7 Å². The molecule has 0 amide bonds. The minimum Gasteiger partial charge on any atom is -0.508 e. The molecule has 4 heteroatoms. The van der Waals surface area contributed by atoms with Gasteiger partial charge in [0, 0.05) is 12.0 Å². The SMILES string of the molecule is CCOC(=O)CC1c2ccc(O)cc2CC1N. The van der Waals surface area contributed by atoms with Crippen molar-refractivity contribution < 1.29 is 14.6 Å². The predicted octanol–water partition coefficient (Wildman–Crippen LogP) is 1.31. The maximum atomic E-state index is 11.5. The lowest BCUT2D eigenvalue weighted by molar-refractivity contribution is -0.143. The zero-order chi connectivity index (χ0) is 12.4. The largest absolute Gasteiger partial charge is 0.508 e. The first-order chi connectivity index (χ1) is 8.11. The molecule has 2 atom stereocenters. The molecule has 1 aliphatic carbocycles. The molecule has 1 aromatic carbocycles. The normalized spacial score (nSPS) is 22.2. The maximum absolute atomic E-state index is 11.5. The van der Waals surface area contributed by atoms with Gasteiger partial charge in [0.15, 0.2) is 0 Å². The summed E-state index contributed by atoms with van der Waals surface area (Å²) in [6, 6.07) is 5.13. The molecule has 0 aromatic heterocycles. The lowest BCUT2D eigenvalue weighted by Gasteiger charge is -2.15. The van der Waals surface area contributed by atoms with Crippen molar-refractivity contribution in [3.05, 3.63) is 29.3 Å². The molecule has 1 aliphatic rings. The van der Waals surface area contributed by atoms with E-state index < -0.39 is 0 Å². The van der Waals surface area contributed by atoms with Crippen LogP contribution in [-0.2, 0) is 16.0 Å². The number of aromatic hydroxyl groups is 1. The highest BCUT2D eigenvalue weighted by atomic mass is 16.5. The van der Waals surface area contributed by atoms with E-state index in [4.69, 9.17) is 10.5 Å². The standard InChI is InChI=1S/C13H17NO3/c1-2-17-13(16)7-11-10-4-3-9(15)5-8(10)6-12(11)14/h3-5,11-12,15H,2,6-7,14H2,1H3. The zero-order valence-corrected chi connectivity index (χ0v) is 9.85. The van der Waals surface area contributed by atoms with Gasteiger partial charge < -0.3 is 15.6 Å². The van der Waals surface area contributed by atoms with Crippen molar-refractivity contribution in [3.8, 4) is 5.75 Å². The Bertz CT molecular complexity index is 431. The summed E-state index contributed by atoms with van der Waals surface area (Å²) in [5, 5.41) is 9.40. The second-order valence-electron chi connectivity index (χ2n) is 4.37. The Morgan fingerprint density at radius 2 is 2.35 bits per heavy atom. The number of rotatable bonds is 3. The van der Waals surface area contributed by atoms with E-state index in [1.54, 1.807) is 19.1 Å². The number of phenolic OH excluding ortho intramolecular Hbond substituents is 1. The molecule has 0 saturated heterocycles. The third-order valence-electron chi connectivity index (χ3n) is 3.19. The van der Waals surface area contributed by atoms with Crippen molar-refractivity contribution in [2.24, 2.45) is 5.73 Å². The van der Waals surface area contributed by atoms with Crippen molar-refractivity contribution in [2.75, 3.05) is 6.61 Å². The number of hydrogen-bond donors (Lipinski definition) is 2. The Kier molecular flexibility index (Phi) is 3.33. The summed E-state index contributed by atoms with van der Waals surface area (Å²) in [5.74, 6) is 0.0336. The monoisotopic (exact) mass is 235 g/mol. The van der Waals surface area contributed by atoms with Crippen molar-refractivity contribution in [1.29, 1.82) is 0 Å². The van der Waals surface area contributed by atoms with Gasteiger partial charge in [-0.25, -0.2) is 0 Å². The van der Waals surface area contributed by atoms with Crippen molar-refractivity contribution in [2.45, 2.75) is 31.7 Å². The van der Waals surface area contributed by atoms with Crippen LogP contribution in [0.1, 0.15) is 30.4 Å². The fraction of sp³-hybridized carbons (Fsp3) is 0.462. The summed E-state index contributed by atoms with van der Waals surface area (Å²) in [6.07, 6.45) is 1.01. The van der Waals surface area contributed by atoms with E-state index in [1.807, 2.05) is 6.07 Å². The van der Waals surface area contributed by atoms with Gasteiger partial charge in [-0.15, -0.1) is 0 Å². The third-order valence-corrected chi connectivity index (χ3v) is 3.19. The maximum Gasteiger partial charge on any atom is 0.306 e. The molecular formula is C13H17NO3. The number of nitrogens with two attached hydrogens (primary N) is 1. The molecule has 0 bridgehead atoms. The number of hydrogen-bond acceptors (Lipinski definition) is 4. The van der Waals surface area contributed by atoms with Gasteiger partial charge in [0.05, 0.1) is 13.0 Å². The van der Waals surface area contributed by atoms with Gasteiger partial charge >= 0.3 is 5.97 Å². The number of benzene rings is 1. The van der Waals surface area contributed by atoms with Crippen LogP contribution in [0.2, 0.25) is 0 Å². The first-order valence-corrected chi connectivity index (χ1v) is 5.84. The molecule has 0 spiro atoms. The van der Waals surface area contributed by atoms with Crippen LogP contribution in [0.15, 0.2) is 18.2 Å². The number of fused-ring (bicyclic) bond motifs is 1. The van der Waals surface area contributed by atoms with E-state index in [0.29, 0.717) is 19.4 Å². The predicted molar refractivity (Wildman–Crippen MR) is 63.8 cm³/mol. The quantitative estimate of drug-likeness (QED) is 0.775. The van der Waals surface area contributed by atoms with Crippen LogP contribution in [0.3, 0.4) is 0 Å². The van der Waals surface area contributed by atoms with Crippen molar-refractivity contribution in [1.82, 2.24) is 0 Å². The summed E-state index contributed by atoms with van der Waals surface area (Å²) in [6.45, 7) is 2.18. The summed E-state index contributed by atoms with van der Waals surface area (Å²) in [7, 11) is 0. The smallest absolute Gasteiger partial charge is 0.306 e. The second kappa shape index (κ2) is 4.75. The number of esters is 1. The van der Waals surface area contributed by atoms with E-state index >= 15 is 0 Å². The molecule has 2 rings (SSSR count). The number of carbonyl (C=O) groups is 1. The van der Waals surface area contributed by atoms with Crippen LogP contribution in [0.5, 0.6) is 5.75 Å². The second-order valence-corrected chi connectivity index (χ2v) is 4.37. The molecule has 0 fully saturated rings. The van der Waals surface area contributed by atoms with Gasteiger partial charge in [-0.05, 0) is 36.6 Å². The molecule has 92 valence electrons. The summed E-state index contributed by atoms with van der Waals surface area (Å²) in [4.78, 5) is 11.5. The van der Waals surface area contributed by atoms with Crippen LogP contribution in [0, 0.1) is 0 Å². The molecule has 0 heterocycles. The van der Waals surface area contributed by atoms with Crippen LogP contribution < -0.4 is 5.73 Å². The molecular weight excluding hydrogens is 218 g/mol. The van der Waals surface area contributed by atoms with Gasteiger partial charge in [0.2, 0.25) is 0 Å². The highest BCUT2D eigenvalue weighted by molar-refractivity contribution is 5.71.